The summed E-state index contributed by atoms with van der Waals surface area (Å²) in [6, 6.07) is 3.87. The van der Waals surface area contributed by atoms with Gasteiger partial charge < -0.3 is 15.3 Å². The van der Waals surface area contributed by atoms with E-state index < -0.39 is 17.8 Å². The molecule has 2 amide bonds. The molecule has 2 rings (SSSR count). The van der Waals surface area contributed by atoms with E-state index in [0.717, 1.165) is 12.8 Å². The number of amides is 2. The minimum Gasteiger partial charge on any atom is -0.480 e. The number of urea groups is 1. The van der Waals surface area contributed by atoms with Crippen molar-refractivity contribution in [3.63, 3.8) is 0 Å². The molecule has 0 aromatic heterocycles. The van der Waals surface area contributed by atoms with Crippen LogP contribution in [0.3, 0.4) is 0 Å². The Bertz CT molecular complexity index is 529. The summed E-state index contributed by atoms with van der Waals surface area (Å²) >= 11 is 0. The Labute approximate surface area is 116 Å². The third kappa shape index (κ3) is 3.94. The molecule has 0 radical (unpaired) electrons. The molecule has 1 fully saturated rings. The molecule has 0 bridgehead atoms. The third-order valence-corrected chi connectivity index (χ3v) is 3.21. The van der Waals surface area contributed by atoms with Crippen molar-refractivity contribution in [2.45, 2.75) is 19.8 Å². The number of aryl methyl sites for hydroxylation is 1. The smallest absolute Gasteiger partial charge is 0.323 e. The lowest BCUT2D eigenvalue weighted by atomic mass is 10.2. The first-order valence-electron chi connectivity index (χ1n) is 6.49. The standard InChI is InChI=1S/C14H17FN2O3/c1-9-2-5-11(6-12(9)15)16-14(20)17(8-13(18)19)7-10-3-4-10/h2,5-6,10H,3-4,7-8H2,1H3,(H,16,20)(H,18,19). The van der Waals surface area contributed by atoms with Gasteiger partial charge in [-0.1, -0.05) is 6.07 Å². The second-order valence-electron chi connectivity index (χ2n) is 5.11. The van der Waals surface area contributed by atoms with Gasteiger partial charge in [-0.2, -0.15) is 0 Å². The molecule has 0 heterocycles. The average molecular weight is 280 g/mol. The zero-order valence-corrected chi connectivity index (χ0v) is 11.2. The fraction of sp³-hybridized carbons (Fsp3) is 0.429. The van der Waals surface area contributed by atoms with Gasteiger partial charge in [0.2, 0.25) is 0 Å². The predicted octanol–water partition coefficient (Wildman–Crippen LogP) is 2.46. The first-order chi connectivity index (χ1) is 9.45. The monoisotopic (exact) mass is 280 g/mol. The summed E-state index contributed by atoms with van der Waals surface area (Å²) in [6.45, 7) is 1.70. The molecular weight excluding hydrogens is 263 g/mol. The van der Waals surface area contributed by atoms with Crippen LogP contribution in [-0.2, 0) is 4.79 Å². The van der Waals surface area contributed by atoms with E-state index in [0.29, 0.717) is 23.7 Å². The molecular formula is C14H17FN2O3. The first-order valence-corrected chi connectivity index (χ1v) is 6.49. The highest BCUT2D eigenvalue weighted by atomic mass is 19.1. The molecule has 0 saturated heterocycles. The first kappa shape index (κ1) is 14.3. The number of halogens is 1. The summed E-state index contributed by atoms with van der Waals surface area (Å²) in [5.74, 6) is -1.08. The van der Waals surface area contributed by atoms with Crippen LogP contribution in [-0.4, -0.2) is 35.1 Å². The van der Waals surface area contributed by atoms with Gasteiger partial charge in [0.1, 0.15) is 12.4 Å². The maximum Gasteiger partial charge on any atom is 0.323 e. The maximum atomic E-state index is 13.4. The zero-order valence-electron chi connectivity index (χ0n) is 11.2. The molecule has 1 aromatic carbocycles. The highest BCUT2D eigenvalue weighted by molar-refractivity contribution is 5.91. The topological polar surface area (TPSA) is 69.6 Å². The molecule has 0 atom stereocenters. The number of nitrogens with one attached hydrogen (secondary N) is 1. The van der Waals surface area contributed by atoms with Gasteiger partial charge in [0.05, 0.1) is 0 Å². The van der Waals surface area contributed by atoms with Gasteiger partial charge in [0.15, 0.2) is 0 Å². The van der Waals surface area contributed by atoms with E-state index in [-0.39, 0.29) is 6.54 Å². The molecule has 5 nitrogen and oxygen atoms in total. The molecule has 6 heteroatoms. The van der Waals surface area contributed by atoms with Gasteiger partial charge in [-0.3, -0.25) is 4.79 Å². The Morgan fingerprint density at radius 2 is 2.15 bits per heavy atom. The van der Waals surface area contributed by atoms with Crippen LogP contribution in [0.25, 0.3) is 0 Å². The van der Waals surface area contributed by atoms with Crippen LogP contribution in [0.4, 0.5) is 14.9 Å². The summed E-state index contributed by atoms with van der Waals surface area (Å²) < 4.78 is 13.4. The Morgan fingerprint density at radius 3 is 2.70 bits per heavy atom. The Kier molecular flexibility index (Phi) is 4.22. The maximum absolute atomic E-state index is 13.4. The van der Waals surface area contributed by atoms with Crippen molar-refractivity contribution < 1.29 is 19.1 Å². The van der Waals surface area contributed by atoms with Crippen molar-refractivity contribution in [3.8, 4) is 0 Å². The fourth-order valence-corrected chi connectivity index (χ4v) is 1.87. The van der Waals surface area contributed by atoms with Gasteiger partial charge in [-0.05, 0) is 43.4 Å². The van der Waals surface area contributed by atoms with Crippen LogP contribution < -0.4 is 5.32 Å². The lowest BCUT2D eigenvalue weighted by Crippen LogP contribution is -2.40. The Hall–Kier alpha value is -2.11. The van der Waals surface area contributed by atoms with E-state index in [9.17, 15) is 14.0 Å². The number of carboxylic acids is 1. The molecule has 0 aliphatic heterocycles. The van der Waals surface area contributed by atoms with Crippen molar-refractivity contribution in [1.29, 1.82) is 0 Å². The van der Waals surface area contributed by atoms with E-state index >= 15 is 0 Å². The SMILES string of the molecule is Cc1ccc(NC(=O)N(CC(=O)O)CC2CC2)cc1F. The minimum absolute atomic E-state index is 0.323. The molecule has 108 valence electrons. The minimum atomic E-state index is -1.06. The van der Waals surface area contributed by atoms with E-state index in [1.165, 1.54) is 11.0 Å². The van der Waals surface area contributed by atoms with Crippen LogP contribution >= 0.6 is 0 Å². The van der Waals surface area contributed by atoms with Gasteiger partial charge in [0.25, 0.3) is 0 Å². The van der Waals surface area contributed by atoms with Crippen LogP contribution in [0, 0.1) is 18.7 Å². The highest BCUT2D eigenvalue weighted by Gasteiger charge is 2.28. The fourth-order valence-electron chi connectivity index (χ4n) is 1.87. The molecule has 1 aliphatic rings. The number of carbonyl (C=O) groups excluding carboxylic acids is 1. The third-order valence-electron chi connectivity index (χ3n) is 3.21. The number of hydrogen-bond acceptors (Lipinski definition) is 2. The van der Waals surface area contributed by atoms with Crippen LogP contribution in [0.1, 0.15) is 18.4 Å². The zero-order chi connectivity index (χ0) is 14.7. The molecule has 2 N–H and O–H groups in total. The molecule has 0 spiro atoms. The Morgan fingerprint density at radius 1 is 1.45 bits per heavy atom. The van der Waals surface area contributed by atoms with E-state index in [1.807, 2.05) is 0 Å². The number of carboxylic acid groups (broad SMARTS) is 1. The van der Waals surface area contributed by atoms with Gasteiger partial charge >= 0.3 is 12.0 Å². The Balaban J connectivity index is 2.02. The van der Waals surface area contributed by atoms with Crippen molar-refractivity contribution in [2.75, 3.05) is 18.4 Å². The number of benzene rings is 1. The van der Waals surface area contributed by atoms with E-state index in [1.54, 1.807) is 19.1 Å². The lowest BCUT2D eigenvalue weighted by molar-refractivity contribution is -0.137. The second kappa shape index (κ2) is 5.90. The number of anilines is 1. The normalized spacial score (nSPS) is 13.9. The van der Waals surface area contributed by atoms with Crippen molar-refractivity contribution in [2.24, 2.45) is 5.92 Å². The van der Waals surface area contributed by atoms with Crippen LogP contribution in [0.2, 0.25) is 0 Å². The molecule has 1 aromatic rings. The summed E-state index contributed by atoms with van der Waals surface area (Å²) in [4.78, 5) is 24.1. The molecule has 1 aliphatic carbocycles. The predicted molar refractivity (Wildman–Crippen MR) is 72.1 cm³/mol. The van der Waals surface area contributed by atoms with Crippen LogP contribution in [0.15, 0.2) is 18.2 Å². The molecule has 1 saturated carbocycles. The van der Waals surface area contributed by atoms with Gasteiger partial charge in [-0.15, -0.1) is 0 Å². The number of rotatable bonds is 5. The average Bonchev–Trinajstić information content (AvgIpc) is 3.16. The summed E-state index contributed by atoms with van der Waals surface area (Å²) in [5.41, 5.74) is 0.813. The summed E-state index contributed by atoms with van der Waals surface area (Å²) in [6.07, 6.45) is 2.03. The van der Waals surface area contributed by atoms with Gasteiger partial charge in [0, 0.05) is 12.2 Å². The number of carbonyl (C=O) groups is 2. The summed E-state index contributed by atoms with van der Waals surface area (Å²) in [5, 5.41) is 11.4. The largest absolute Gasteiger partial charge is 0.480 e. The van der Waals surface area contributed by atoms with Crippen molar-refractivity contribution in [1.82, 2.24) is 4.90 Å². The van der Waals surface area contributed by atoms with E-state index in [2.05, 4.69) is 5.32 Å². The molecule has 20 heavy (non-hydrogen) atoms. The number of hydrogen-bond donors (Lipinski definition) is 2. The second-order valence-corrected chi connectivity index (χ2v) is 5.11. The summed E-state index contributed by atoms with van der Waals surface area (Å²) in [7, 11) is 0. The quantitative estimate of drug-likeness (QED) is 0.870. The van der Waals surface area contributed by atoms with Crippen molar-refractivity contribution in [3.05, 3.63) is 29.6 Å². The number of aliphatic carboxylic acids is 1. The van der Waals surface area contributed by atoms with Crippen molar-refractivity contribution >= 4 is 17.7 Å². The van der Waals surface area contributed by atoms with Crippen LogP contribution in [0.5, 0.6) is 0 Å². The van der Waals surface area contributed by atoms with Gasteiger partial charge in [-0.25, -0.2) is 9.18 Å². The lowest BCUT2D eigenvalue weighted by Gasteiger charge is -2.21. The molecule has 0 unspecified atom stereocenters. The number of nitrogens with zero attached hydrogens (tertiary/aromatic N) is 1. The highest BCUT2D eigenvalue weighted by Crippen LogP contribution is 2.29. The van der Waals surface area contributed by atoms with E-state index in [4.69, 9.17) is 5.11 Å².